The van der Waals surface area contributed by atoms with E-state index in [4.69, 9.17) is 9.31 Å². The SMILES string of the molecule is CC1(C)OB(c2ccccc2C[N+](C)(C)C)OC1(C)C. The predicted molar refractivity (Wildman–Crippen MR) is 83.9 cm³/mol. The zero-order valence-electron chi connectivity index (χ0n) is 13.9. The fourth-order valence-electron chi connectivity index (χ4n) is 2.39. The summed E-state index contributed by atoms with van der Waals surface area (Å²) >= 11 is 0. The molecule has 0 N–H and O–H groups in total. The smallest absolute Gasteiger partial charge is 0.399 e. The van der Waals surface area contributed by atoms with Crippen LogP contribution in [-0.2, 0) is 15.9 Å². The summed E-state index contributed by atoms with van der Waals surface area (Å²) in [5.41, 5.74) is 1.86. The van der Waals surface area contributed by atoms with Gasteiger partial charge in [0.2, 0.25) is 0 Å². The van der Waals surface area contributed by atoms with Crippen molar-refractivity contribution in [3.05, 3.63) is 29.8 Å². The van der Waals surface area contributed by atoms with Crippen molar-refractivity contribution in [2.45, 2.75) is 45.4 Å². The molecule has 0 spiro atoms. The van der Waals surface area contributed by atoms with Crippen LogP contribution in [0.4, 0.5) is 0 Å². The molecule has 1 heterocycles. The molecule has 1 aromatic rings. The Hall–Kier alpha value is -0.835. The third-order valence-electron chi connectivity index (χ3n) is 4.21. The van der Waals surface area contributed by atoms with Gasteiger partial charge in [-0.3, -0.25) is 0 Å². The van der Waals surface area contributed by atoms with Gasteiger partial charge in [0.05, 0.1) is 32.3 Å². The van der Waals surface area contributed by atoms with E-state index in [9.17, 15) is 0 Å². The summed E-state index contributed by atoms with van der Waals surface area (Å²) in [4.78, 5) is 0. The van der Waals surface area contributed by atoms with Crippen LogP contribution < -0.4 is 5.46 Å². The molecule has 0 saturated carbocycles. The number of nitrogens with zero attached hydrogens (tertiary/aromatic N) is 1. The van der Waals surface area contributed by atoms with E-state index in [0.29, 0.717) is 0 Å². The summed E-state index contributed by atoms with van der Waals surface area (Å²) in [6.45, 7) is 9.33. The Balaban J connectivity index is 2.31. The fraction of sp³-hybridized carbons (Fsp3) is 0.625. The third-order valence-corrected chi connectivity index (χ3v) is 4.21. The highest BCUT2D eigenvalue weighted by atomic mass is 16.7. The van der Waals surface area contributed by atoms with Crippen molar-refractivity contribution >= 4 is 12.6 Å². The summed E-state index contributed by atoms with van der Waals surface area (Å²) in [7, 11) is 6.31. The van der Waals surface area contributed by atoms with Crippen LogP contribution in [0.25, 0.3) is 0 Å². The Morgan fingerprint density at radius 2 is 1.45 bits per heavy atom. The van der Waals surface area contributed by atoms with E-state index in [-0.39, 0.29) is 18.3 Å². The van der Waals surface area contributed by atoms with E-state index in [1.807, 2.05) is 0 Å². The van der Waals surface area contributed by atoms with Crippen LogP contribution in [0.2, 0.25) is 0 Å². The third kappa shape index (κ3) is 3.08. The lowest BCUT2D eigenvalue weighted by Gasteiger charge is -2.32. The van der Waals surface area contributed by atoms with Crippen LogP contribution in [0.3, 0.4) is 0 Å². The first kappa shape index (κ1) is 15.6. The molecule has 4 heteroatoms. The molecular weight excluding hydrogens is 249 g/mol. The van der Waals surface area contributed by atoms with Crippen LogP contribution in [-0.4, -0.2) is 43.9 Å². The Morgan fingerprint density at radius 3 is 1.95 bits per heavy atom. The average molecular weight is 276 g/mol. The highest BCUT2D eigenvalue weighted by Crippen LogP contribution is 2.36. The largest absolute Gasteiger partial charge is 0.495 e. The second-order valence-corrected chi connectivity index (χ2v) is 7.74. The van der Waals surface area contributed by atoms with Crippen molar-refractivity contribution in [3.63, 3.8) is 0 Å². The minimum Gasteiger partial charge on any atom is -0.399 e. The summed E-state index contributed by atoms with van der Waals surface area (Å²) < 4.78 is 13.2. The maximum absolute atomic E-state index is 6.18. The molecule has 110 valence electrons. The molecule has 1 aromatic carbocycles. The minimum atomic E-state index is -0.290. The lowest BCUT2D eigenvalue weighted by atomic mass is 9.76. The molecule has 1 saturated heterocycles. The lowest BCUT2D eigenvalue weighted by molar-refractivity contribution is -0.883. The molecule has 0 bridgehead atoms. The van der Waals surface area contributed by atoms with E-state index in [1.54, 1.807) is 0 Å². The van der Waals surface area contributed by atoms with Crippen LogP contribution in [0.5, 0.6) is 0 Å². The van der Waals surface area contributed by atoms with Gasteiger partial charge in [0.15, 0.2) is 0 Å². The molecule has 0 aliphatic carbocycles. The van der Waals surface area contributed by atoms with Gasteiger partial charge in [0.1, 0.15) is 6.54 Å². The molecule has 2 rings (SSSR count). The molecule has 0 radical (unpaired) electrons. The van der Waals surface area contributed by atoms with Crippen molar-refractivity contribution in [1.82, 2.24) is 0 Å². The molecule has 0 amide bonds. The first-order chi connectivity index (χ1) is 9.02. The van der Waals surface area contributed by atoms with E-state index in [1.165, 1.54) is 5.56 Å². The number of rotatable bonds is 3. The monoisotopic (exact) mass is 276 g/mol. The molecule has 1 fully saturated rings. The van der Waals surface area contributed by atoms with Crippen molar-refractivity contribution in [2.24, 2.45) is 0 Å². The Bertz CT molecular complexity index is 475. The van der Waals surface area contributed by atoms with Crippen molar-refractivity contribution in [2.75, 3.05) is 21.1 Å². The summed E-state index contributed by atoms with van der Waals surface area (Å²) in [5.74, 6) is 0. The van der Waals surface area contributed by atoms with Gasteiger partial charge in [-0.1, -0.05) is 24.3 Å². The van der Waals surface area contributed by atoms with Gasteiger partial charge in [-0.15, -0.1) is 0 Å². The Morgan fingerprint density at radius 1 is 0.950 bits per heavy atom. The van der Waals surface area contributed by atoms with Crippen LogP contribution in [0, 0.1) is 0 Å². The maximum Gasteiger partial charge on any atom is 0.495 e. The van der Waals surface area contributed by atoms with Gasteiger partial charge >= 0.3 is 7.12 Å². The van der Waals surface area contributed by atoms with Crippen molar-refractivity contribution in [3.8, 4) is 0 Å². The second-order valence-electron chi connectivity index (χ2n) is 7.74. The topological polar surface area (TPSA) is 18.5 Å². The summed E-state index contributed by atoms with van der Waals surface area (Å²) in [5, 5.41) is 0. The van der Waals surface area contributed by atoms with Crippen LogP contribution in [0.1, 0.15) is 33.3 Å². The lowest BCUT2D eigenvalue weighted by Crippen LogP contribution is -2.41. The minimum absolute atomic E-state index is 0.275. The van der Waals surface area contributed by atoms with Gasteiger partial charge in [-0.25, -0.2) is 0 Å². The maximum atomic E-state index is 6.18. The number of hydrogen-bond acceptors (Lipinski definition) is 2. The second kappa shape index (κ2) is 4.87. The molecular formula is C16H27BNO2+. The standard InChI is InChI=1S/C16H27BNO2/c1-15(2)16(3,4)20-17(19-15)14-11-9-8-10-13(14)12-18(5,6)7/h8-11H,12H2,1-7H3/q+1. The zero-order valence-corrected chi connectivity index (χ0v) is 13.9. The Kier molecular flexibility index (Phi) is 3.78. The summed E-state index contributed by atoms with van der Waals surface area (Å²) in [6, 6.07) is 8.43. The molecule has 1 aliphatic rings. The number of quaternary nitrogens is 1. The van der Waals surface area contributed by atoms with Crippen molar-refractivity contribution < 1.29 is 13.8 Å². The number of hydrogen-bond donors (Lipinski definition) is 0. The molecule has 20 heavy (non-hydrogen) atoms. The van der Waals surface area contributed by atoms with E-state index >= 15 is 0 Å². The summed E-state index contributed by atoms with van der Waals surface area (Å²) in [6.07, 6.45) is 0. The van der Waals surface area contributed by atoms with E-state index in [0.717, 1.165) is 16.5 Å². The highest BCUT2D eigenvalue weighted by Gasteiger charge is 2.52. The van der Waals surface area contributed by atoms with E-state index in [2.05, 4.69) is 73.1 Å². The highest BCUT2D eigenvalue weighted by molar-refractivity contribution is 6.62. The number of benzene rings is 1. The van der Waals surface area contributed by atoms with Gasteiger partial charge < -0.3 is 13.8 Å². The van der Waals surface area contributed by atoms with Gasteiger partial charge in [0.25, 0.3) is 0 Å². The molecule has 0 aromatic heterocycles. The van der Waals surface area contributed by atoms with Gasteiger partial charge in [-0.05, 0) is 33.2 Å². The average Bonchev–Trinajstić information content (AvgIpc) is 2.46. The molecule has 0 unspecified atom stereocenters. The normalized spacial score (nSPS) is 21.2. The molecule has 0 atom stereocenters. The van der Waals surface area contributed by atoms with E-state index < -0.39 is 0 Å². The van der Waals surface area contributed by atoms with Crippen molar-refractivity contribution in [1.29, 1.82) is 0 Å². The zero-order chi connectivity index (χ0) is 15.2. The molecule has 1 aliphatic heterocycles. The Labute approximate surface area is 123 Å². The van der Waals surface area contributed by atoms with Gasteiger partial charge in [0, 0.05) is 5.56 Å². The first-order valence-electron chi connectivity index (χ1n) is 7.26. The quantitative estimate of drug-likeness (QED) is 0.622. The predicted octanol–water partition coefficient (Wildman–Crippen LogP) is 2.19. The van der Waals surface area contributed by atoms with Gasteiger partial charge in [-0.2, -0.15) is 0 Å². The molecule has 3 nitrogen and oxygen atoms in total. The van der Waals surface area contributed by atoms with Crippen LogP contribution >= 0.6 is 0 Å². The fourth-order valence-corrected chi connectivity index (χ4v) is 2.39. The first-order valence-corrected chi connectivity index (χ1v) is 7.26. The van der Waals surface area contributed by atoms with Crippen LogP contribution in [0.15, 0.2) is 24.3 Å².